The van der Waals surface area contributed by atoms with E-state index >= 15 is 0 Å². The van der Waals surface area contributed by atoms with Gasteiger partial charge in [0.15, 0.2) is 11.2 Å². The molecule has 0 aliphatic carbocycles. The molecule has 0 fully saturated rings. The summed E-state index contributed by atoms with van der Waals surface area (Å²) in [6.07, 6.45) is 0.430. The molecule has 2 aromatic carbocycles. The Balaban J connectivity index is 1.39. The van der Waals surface area contributed by atoms with Crippen molar-refractivity contribution >= 4 is 34.0 Å². The van der Waals surface area contributed by atoms with Crippen molar-refractivity contribution in [1.82, 2.24) is 19.7 Å². The van der Waals surface area contributed by atoms with E-state index in [-0.39, 0.29) is 28.5 Å². The van der Waals surface area contributed by atoms with Gasteiger partial charge in [0, 0.05) is 24.1 Å². The average Bonchev–Trinajstić information content (AvgIpc) is 3.62. The number of para-hydroxylation sites is 1. The first-order valence-electron chi connectivity index (χ1n) is 12.1. The van der Waals surface area contributed by atoms with Gasteiger partial charge in [-0.15, -0.1) is 11.3 Å². The second-order valence-electron chi connectivity index (χ2n) is 8.84. The lowest BCUT2D eigenvalue weighted by Gasteiger charge is -2.10. The molecule has 0 saturated carbocycles. The average molecular weight is 536 g/mol. The van der Waals surface area contributed by atoms with Gasteiger partial charge in [0.2, 0.25) is 5.95 Å². The number of nitrogens with zero attached hydrogens (tertiary/aromatic N) is 3. The molecule has 10 heteroatoms. The Morgan fingerprint density at radius 3 is 2.59 bits per heavy atom. The predicted octanol–water partition coefficient (Wildman–Crippen LogP) is 4.94. The number of aromatic amines is 1. The summed E-state index contributed by atoms with van der Waals surface area (Å²) in [5.74, 6) is -0.401. The molecule has 6 aromatic rings. The maximum absolute atomic E-state index is 13.2. The minimum Gasteiger partial charge on any atom is -0.451 e. The third kappa shape index (κ3) is 4.80. The van der Waals surface area contributed by atoms with Gasteiger partial charge in [0.25, 0.3) is 11.5 Å². The highest BCUT2D eigenvalue weighted by atomic mass is 32.1. The number of nitrogens with one attached hydrogen (secondary N) is 2. The minimum atomic E-state index is -0.642. The number of benzene rings is 2. The fourth-order valence-electron chi connectivity index (χ4n) is 4.27. The van der Waals surface area contributed by atoms with Crippen LogP contribution in [-0.2, 0) is 6.42 Å². The van der Waals surface area contributed by atoms with Gasteiger partial charge in [0.1, 0.15) is 17.1 Å². The first kappa shape index (κ1) is 24.3. The number of aromatic nitrogens is 4. The normalized spacial score (nSPS) is 11.1. The second-order valence-corrected chi connectivity index (χ2v) is 9.79. The van der Waals surface area contributed by atoms with Crippen LogP contribution in [0.1, 0.15) is 27.4 Å². The van der Waals surface area contributed by atoms with Gasteiger partial charge >= 0.3 is 0 Å². The summed E-state index contributed by atoms with van der Waals surface area (Å²) in [6, 6.07) is 23.0. The topological polar surface area (TPSA) is 123 Å². The Hall–Kier alpha value is -5.09. The first-order chi connectivity index (χ1) is 19.0. The molecule has 0 aliphatic rings. The van der Waals surface area contributed by atoms with E-state index in [1.165, 1.54) is 16.0 Å². The second kappa shape index (κ2) is 9.99. The summed E-state index contributed by atoms with van der Waals surface area (Å²) in [6.45, 7) is 1.77. The highest BCUT2D eigenvalue weighted by molar-refractivity contribution is 7.13. The Morgan fingerprint density at radius 1 is 1.03 bits per heavy atom. The van der Waals surface area contributed by atoms with Crippen LogP contribution < -0.4 is 16.3 Å². The van der Waals surface area contributed by atoms with Crippen LogP contribution in [0.15, 0.2) is 98.2 Å². The monoisotopic (exact) mass is 535 g/mol. The smallest absolute Gasteiger partial charge is 0.292 e. The van der Waals surface area contributed by atoms with Gasteiger partial charge in [-0.3, -0.25) is 19.4 Å². The number of hydrogen-bond donors (Lipinski definition) is 2. The van der Waals surface area contributed by atoms with E-state index in [4.69, 9.17) is 4.42 Å². The van der Waals surface area contributed by atoms with Crippen molar-refractivity contribution in [3.8, 4) is 16.5 Å². The van der Waals surface area contributed by atoms with E-state index in [1.807, 2.05) is 47.8 Å². The molecule has 39 heavy (non-hydrogen) atoms. The fourth-order valence-corrected chi connectivity index (χ4v) is 4.96. The van der Waals surface area contributed by atoms with Gasteiger partial charge in [-0.05, 0) is 36.1 Å². The summed E-state index contributed by atoms with van der Waals surface area (Å²) >= 11 is 1.48. The number of anilines is 1. The van der Waals surface area contributed by atoms with Crippen molar-refractivity contribution in [3.05, 3.63) is 127 Å². The molecule has 192 valence electrons. The number of aryl methyl sites for hydroxylation is 1. The molecule has 0 aliphatic heterocycles. The molecule has 0 saturated heterocycles. The van der Waals surface area contributed by atoms with Crippen molar-refractivity contribution in [2.75, 3.05) is 5.32 Å². The van der Waals surface area contributed by atoms with E-state index in [0.29, 0.717) is 34.3 Å². The molecule has 0 unspecified atom stereocenters. The van der Waals surface area contributed by atoms with Crippen LogP contribution in [0.3, 0.4) is 0 Å². The number of H-pyrrole nitrogens is 1. The van der Waals surface area contributed by atoms with E-state index in [9.17, 15) is 14.4 Å². The number of fused-ring (bicyclic) bond motifs is 1. The summed E-state index contributed by atoms with van der Waals surface area (Å²) in [7, 11) is 0. The van der Waals surface area contributed by atoms with Gasteiger partial charge in [-0.25, -0.2) is 4.98 Å². The molecular formula is C29H21N5O4S. The van der Waals surface area contributed by atoms with Crippen LogP contribution in [0.4, 0.5) is 5.82 Å². The Bertz CT molecular complexity index is 1940. The maximum atomic E-state index is 13.2. The number of hydrogen-bond acceptors (Lipinski definition) is 7. The Morgan fingerprint density at radius 2 is 1.82 bits per heavy atom. The highest BCUT2D eigenvalue weighted by Crippen LogP contribution is 2.28. The molecule has 2 N–H and O–H groups in total. The summed E-state index contributed by atoms with van der Waals surface area (Å²) < 4.78 is 7.07. The SMILES string of the molecule is Cc1nc(-n2nc(-c3cccs3)cc2NC(=O)c2cc(=O)c3ccccc3o2)[nH]c(=O)c1Cc1ccccc1. The van der Waals surface area contributed by atoms with Crippen molar-refractivity contribution in [2.24, 2.45) is 0 Å². The van der Waals surface area contributed by atoms with E-state index in [2.05, 4.69) is 20.4 Å². The highest BCUT2D eigenvalue weighted by Gasteiger charge is 2.20. The molecule has 4 aromatic heterocycles. The summed E-state index contributed by atoms with van der Waals surface area (Å²) in [5.41, 5.74) is 2.33. The standard InChI is InChI=1S/C29H21N5O4S/c1-17-20(14-18-8-3-2-4-9-18)27(36)32-29(30-17)34-26(15-21(33-34)25-12-7-13-39-25)31-28(37)24-16-22(35)19-10-5-6-11-23(19)38-24/h2-13,15-16H,14H2,1H3,(H,31,37)(H,30,32,36). The summed E-state index contributed by atoms with van der Waals surface area (Å²) in [4.78, 5) is 47.1. The molecular weight excluding hydrogens is 514 g/mol. The molecule has 0 atom stereocenters. The molecule has 9 nitrogen and oxygen atoms in total. The van der Waals surface area contributed by atoms with Crippen molar-refractivity contribution < 1.29 is 9.21 Å². The van der Waals surface area contributed by atoms with Gasteiger partial charge in [-0.1, -0.05) is 48.5 Å². The number of carbonyl (C=O) groups excluding carboxylic acids is 1. The molecule has 0 spiro atoms. The van der Waals surface area contributed by atoms with Crippen LogP contribution in [0.25, 0.3) is 27.5 Å². The first-order valence-corrected chi connectivity index (χ1v) is 13.0. The zero-order valence-electron chi connectivity index (χ0n) is 20.7. The molecule has 6 rings (SSSR count). The minimum absolute atomic E-state index is 0.146. The van der Waals surface area contributed by atoms with Crippen LogP contribution in [-0.4, -0.2) is 25.7 Å². The molecule has 1 amide bonds. The fraction of sp³-hybridized carbons (Fsp3) is 0.0690. The predicted molar refractivity (Wildman–Crippen MR) is 150 cm³/mol. The van der Waals surface area contributed by atoms with Gasteiger partial charge in [0.05, 0.1) is 16.0 Å². The van der Waals surface area contributed by atoms with Crippen molar-refractivity contribution in [3.63, 3.8) is 0 Å². The quantitative estimate of drug-likeness (QED) is 0.311. The number of amides is 1. The van der Waals surface area contributed by atoms with Gasteiger partial charge < -0.3 is 9.73 Å². The third-order valence-corrected chi connectivity index (χ3v) is 7.11. The molecule has 4 heterocycles. The third-order valence-electron chi connectivity index (χ3n) is 6.22. The van der Waals surface area contributed by atoms with Crippen molar-refractivity contribution in [1.29, 1.82) is 0 Å². The zero-order chi connectivity index (χ0) is 26.9. The Kier molecular flexibility index (Phi) is 6.22. The van der Waals surface area contributed by atoms with Crippen LogP contribution in [0.2, 0.25) is 0 Å². The molecule has 0 radical (unpaired) electrons. The van der Waals surface area contributed by atoms with E-state index < -0.39 is 5.91 Å². The van der Waals surface area contributed by atoms with Crippen LogP contribution in [0, 0.1) is 6.92 Å². The lowest BCUT2D eigenvalue weighted by molar-refractivity contribution is 0.0996. The lowest BCUT2D eigenvalue weighted by Crippen LogP contribution is -2.22. The van der Waals surface area contributed by atoms with Gasteiger partial charge in [-0.2, -0.15) is 9.78 Å². The van der Waals surface area contributed by atoms with Crippen molar-refractivity contribution in [2.45, 2.75) is 13.3 Å². The van der Waals surface area contributed by atoms with E-state index in [1.54, 1.807) is 37.3 Å². The molecule has 0 bridgehead atoms. The zero-order valence-corrected chi connectivity index (χ0v) is 21.5. The maximum Gasteiger partial charge on any atom is 0.292 e. The number of carbonyl (C=O) groups is 1. The Labute approximate surface area is 225 Å². The van der Waals surface area contributed by atoms with E-state index in [0.717, 1.165) is 16.5 Å². The number of thiophene rings is 1. The largest absolute Gasteiger partial charge is 0.451 e. The number of rotatable bonds is 6. The summed E-state index contributed by atoms with van der Waals surface area (Å²) in [5, 5.41) is 9.68. The lowest BCUT2D eigenvalue weighted by atomic mass is 10.1. The van der Waals surface area contributed by atoms with Crippen LogP contribution >= 0.6 is 11.3 Å². The van der Waals surface area contributed by atoms with Crippen LogP contribution in [0.5, 0.6) is 0 Å².